The number of rotatable bonds is 14. The Hall–Kier alpha value is -0.570. The maximum atomic E-state index is 11.6. The standard InChI is InChI=1S/C19H37NO2/c1-2-3-4-5-6-7-8-9-10-11-12-13-16-19(21)22-20-17-14-15-18-20/h2-18H2,1H3. The fourth-order valence-corrected chi connectivity index (χ4v) is 3.08. The van der Waals surface area contributed by atoms with Gasteiger partial charge in [0.25, 0.3) is 0 Å². The minimum absolute atomic E-state index is 0.0334. The summed E-state index contributed by atoms with van der Waals surface area (Å²) in [6, 6.07) is 0. The Morgan fingerprint density at radius 1 is 0.773 bits per heavy atom. The molecule has 22 heavy (non-hydrogen) atoms. The summed E-state index contributed by atoms with van der Waals surface area (Å²) in [5.41, 5.74) is 0. The Bertz CT molecular complexity index is 262. The van der Waals surface area contributed by atoms with E-state index in [-0.39, 0.29) is 5.97 Å². The maximum Gasteiger partial charge on any atom is 0.325 e. The Balaban J connectivity index is 1.75. The molecule has 0 aliphatic carbocycles. The first-order valence-electron chi connectivity index (χ1n) is 9.78. The van der Waals surface area contributed by atoms with E-state index in [0.717, 1.165) is 32.4 Å². The number of hydrogen-bond acceptors (Lipinski definition) is 3. The molecule has 0 aromatic carbocycles. The van der Waals surface area contributed by atoms with Gasteiger partial charge in [0.2, 0.25) is 0 Å². The van der Waals surface area contributed by atoms with Gasteiger partial charge in [-0.3, -0.25) is 4.79 Å². The fraction of sp³-hybridized carbons (Fsp3) is 0.947. The van der Waals surface area contributed by atoms with E-state index in [4.69, 9.17) is 4.84 Å². The van der Waals surface area contributed by atoms with Gasteiger partial charge < -0.3 is 4.84 Å². The van der Waals surface area contributed by atoms with Crippen molar-refractivity contribution in [2.24, 2.45) is 0 Å². The summed E-state index contributed by atoms with van der Waals surface area (Å²) in [6.07, 6.45) is 18.8. The summed E-state index contributed by atoms with van der Waals surface area (Å²) in [7, 11) is 0. The zero-order valence-corrected chi connectivity index (χ0v) is 14.8. The van der Waals surface area contributed by atoms with Gasteiger partial charge in [-0.05, 0) is 19.3 Å². The van der Waals surface area contributed by atoms with E-state index >= 15 is 0 Å². The Morgan fingerprint density at radius 2 is 1.23 bits per heavy atom. The highest BCUT2D eigenvalue weighted by Gasteiger charge is 2.15. The molecule has 0 aromatic rings. The lowest BCUT2D eigenvalue weighted by Gasteiger charge is -2.13. The van der Waals surface area contributed by atoms with Crippen molar-refractivity contribution in [2.75, 3.05) is 13.1 Å². The summed E-state index contributed by atoms with van der Waals surface area (Å²) in [5, 5.41) is 1.82. The summed E-state index contributed by atoms with van der Waals surface area (Å²) >= 11 is 0. The average Bonchev–Trinajstić information content (AvgIpc) is 3.01. The van der Waals surface area contributed by atoms with Gasteiger partial charge in [-0.1, -0.05) is 77.6 Å². The lowest BCUT2D eigenvalue weighted by atomic mass is 10.0. The van der Waals surface area contributed by atoms with Crippen molar-refractivity contribution in [2.45, 2.75) is 103 Å². The second-order valence-corrected chi connectivity index (χ2v) is 6.74. The highest BCUT2D eigenvalue weighted by Crippen LogP contribution is 2.13. The van der Waals surface area contributed by atoms with Crippen LogP contribution >= 0.6 is 0 Å². The summed E-state index contributed by atoms with van der Waals surface area (Å²) < 4.78 is 0. The molecule has 0 N–H and O–H groups in total. The van der Waals surface area contributed by atoms with Crippen molar-refractivity contribution in [1.29, 1.82) is 0 Å². The van der Waals surface area contributed by atoms with E-state index in [1.165, 1.54) is 70.6 Å². The first-order valence-corrected chi connectivity index (χ1v) is 9.78. The van der Waals surface area contributed by atoms with Gasteiger partial charge in [-0.2, -0.15) is 0 Å². The summed E-state index contributed by atoms with van der Waals surface area (Å²) in [4.78, 5) is 16.9. The van der Waals surface area contributed by atoms with E-state index in [1.807, 2.05) is 5.06 Å². The third-order valence-electron chi connectivity index (χ3n) is 4.53. The third-order valence-corrected chi connectivity index (χ3v) is 4.53. The molecule has 1 saturated heterocycles. The van der Waals surface area contributed by atoms with Crippen molar-refractivity contribution in [3.63, 3.8) is 0 Å². The largest absolute Gasteiger partial charge is 0.368 e. The Morgan fingerprint density at radius 3 is 1.73 bits per heavy atom. The molecule has 130 valence electrons. The van der Waals surface area contributed by atoms with Crippen LogP contribution in [0.15, 0.2) is 0 Å². The molecule has 1 heterocycles. The van der Waals surface area contributed by atoms with Crippen LogP contribution in [0.25, 0.3) is 0 Å². The second kappa shape index (κ2) is 14.0. The molecule has 0 spiro atoms. The van der Waals surface area contributed by atoms with Gasteiger partial charge in [0.1, 0.15) is 0 Å². The van der Waals surface area contributed by atoms with Crippen LogP contribution < -0.4 is 0 Å². The summed E-state index contributed by atoms with van der Waals surface area (Å²) in [5.74, 6) is -0.0334. The van der Waals surface area contributed by atoms with Crippen molar-refractivity contribution >= 4 is 5.97 Å². The smallest absolute Gasteiger partial charge is 0.325 e. The van der Waals surface area contributed by atoms with Crippen LogP contribution in [0.1, 0.15) is 103 Å². The first kappa shape index (κ1) is 19.5. The monoisotopic (exact) mass is 311 g/mol. The zero-order valence-electron chi connectivity index (χ0n) is 14.8. The van der Waals surface area contributed by atoms with Crippen LogP contribution in [0.3, 0.4) is 0 Å². The summed E-state index contributed by atoms with van der Waals surface area (Å²) in [6.45, 7) is 4.11. The molecule has 3 nitrogen and oxygen atoms in total. The van der Waals surface area contributed by atoms with Gasteiger partial charge >= 0.3 is 5.97 Å². The van der Waals surface area contributed by atoms with E-state index in [2.05, 4.69) is 6.92 Å². The molecule has 0 unspecified atom stereocenters. The van der Waals surface area contributed by atoms with Crippen molar-refractivity contribution < 1.29 is 9.63 Å². The maximum absolute atomic E-state index is 11.6. The molecule has 3 heteroatoms. The van der Waals surface area contributed by atoms with E-state index in [0.29, 0.717) is 6.42 Å². The van der Waals surface area contributed by atoms with Crippen LogP contribution in [0.2, 0.25) is 0 Å². The molecule has 1 aliphatic rings. The quantitative estimate of drug-likeness (QED) is 0.389. The second-order valence-electron chi connectivity index (χ2n) is 6.74. The highest BCUT2D eigenvalue weighted by atomic mass is 16.7. The van der Waals surface area contributed by atoms with Crippen molar-refractivity contribution in [3.8, 4) is 0 Å². The van der Waals surface area contributed by atoms with Crippen molar-refractivity contribution in [3.05, 3.63) is 0 Å². The molecular weight excluding hydrogens is 274 g/mol. The van der Waals surface area contributed by atoms with E-state index in [9.17, 15) is 4.79 Å². The van der Waals surface area contributed by atoms with Gasteiger partial charge in [0.05, 0.1) is 0 Å². The minimum Gasteiger partial charge on any atom is -0.368 e. The van der Waals surface area contributed by atoms with E-state index < -0.39 is 0 Å². The van der Waals surface area contributed by atoms with E-state index in [1.54, 1.807) is 0 Å². The minimum atomic E-state index is -0.0334. The number of carbonyl (C=O) groups is 1. The molecule has 1 aliphatic heterocycles. The van der Waals surface area contributed by atoms with Gasteiger partial charge in [0.15, 0.2) is 0 Å². The van der Waals surface area contributed by atoms with Gasteiger partial charge in [0, 0.05) is 19.5 Å². The third kappa shape index (κ3) is 11.1. The fourth-order valence-electron chi connectivity index (χ4n) is 3.08. The van der Waals surface area contributed by atoms with Crippen LogP contribution in [-0.4, -0.2) is 24.1 Å². The van der Waals surface area contributed by atoms with Crippen LogP contribution in [0, 0.1) is 0 Å². The lowest BCUT2D eigenvalue weighted by molar-refractivity contribution is -0.185. The Labute approximate surface area is 137 Å². The molecule has 0 atom stereocenters. The highest BCUT2D eigenvalue weighted by molar-refractivity contribution is 5.68. The van der Waals surface area contributed by atoms with Crippen LogP contribution in [0.4, 0.5) is 0 Å². The number of hydroxylamine groups is 2. The van der Waals surface area contributed by atoms with Crippen LogP contribution in [0.5, 0.6) is 0 Å². The predicted octanol–water partition coefficient (Wildman–Crippen LogP) is 5.63. The molecular formula is C19H37NO2. The zero-order chi connectivity index (χ0) is 15.9. The number of nitrogens with zero attached hydrogens (tertiary/aromatic N) is 1. The number of hydrogen-bond donors (Lipinski definition) is 0. The first-order chi connectivity index (χ1) is 10.8. The molecule has 1 fully saturated rings. The molecule has 0 aromatic heterocycles. The molecule has 0 radical (unpaired) electrons. The number of carbonyl (C=O) groups excluding carboxylic acids is 1. The predicted molar refractivity (Wildman–Crippen MR) is 92.6 cm³/mol. The van der Waals surface area contributed by atoms with Gasteiger partial charge in [-0.15, -0.1) is 5.06 Å². The number of unbranched alkanes of at least 4 members (excludes halogenated alkanes) is 11. The molecule has 1 rings (SSSR count). The Kier molecular flexibility index (Phi) is 12.4. The van der Waals surface area contributed by atoms with Crippen molar-refractivity contribution in [1.82, 2.24) is 5.06 Å². The molecule has 0 bridgehead atoms. The van der Waals surface area contributed by atoms with Crippen LogP contribution in [-0.2, 0) is 9.63 Å². The lowest BCUT2D eigenvalue weighted by Crippen LogP contribution is -2.23. The van der Waals surface area contributed by atoms with Gasteiger partial charge in [-0.25, -0.2) is 0 Å². The average molecular weight is 312 g/mol. The SMILES string of the molecule is CCCCCCCCCCCCCCC(=O)ON1CCCC1. The topological polar surface area (TPSA) is 29.5 Å². The molecule has 0 saturated carbocycles. The normalized spacial score (nSPS) is 15.3. The molecule has 0 amide bonds.